The lowest BCUT2D eigenvalue weighted by atomic mass is 10.1. The average Bonchev–Trinajstić information content (AvgIpc) is 2.43. The van der Waals surface area contributed by atoms with Crippen LogP contribution < -0.4 is 11.1 Å². The molecule has 0 saturated heterocycles. The van der Waals surface area contributed by atoms with Gasteiger partial charge in [-0.1, -0.05) is 35.3 Å². The van der Waals surface area contributed by atoms with Gasteiger partial charge in [0.05, 0.1) is 5.69 Å². The van der Waals surface area contributed by atoms with Gasteiger partial charge < -0.3 is 11.1 Å². The smallest absolute Gasteiger partial charge is 0.255 e. The highest BCUT2D eigenvalue weighted by Crippen LogP contribution is 2.26. The number of hydrogen-bond donors (Lipinski definition) is 2. The lowest BCUT2D eigenvalue weighted by Crippen LogP contribution is -2.14. The molecule has 0 saturated carbocycles. The molecule has 110 valence electrons. The highest BCUT2D eigenvalue weighted by molar-refractivity contribution is 6.35. The molecule has 0 bridgehead atoms. The maximum atomic E-state index is 12.2. The van der Waals surface area contributed by atoms with Crippen molar-refractivity contribution in [3.8, 4) is 0 Å². The predicted molar refractivity (Wildman–Crippen MR) is 86.1 cm³/mol. The van der Waals surface area contributed by atoms with E-state index in [-0.39, 0.29) is 11.1 Å². The Morgan fingerprint density at radius 2 is 1.95 bits per heavy atom. The molecule has 2 aromatic rings. The minimum Gasteiger partial charge on any atom is -0.330 e. The third-order valence-corrected chi connectivity index (χ3v) is 3.50. The Bertz CT molecular complexity index is 633. The summed E-state index contributed by atoms with van der Waals surface area (Å²) in [6.07, 6.45) is 0.786. The SMILES string of the molecule is Cc1cc(Cl)nc(Cl)c1NC(=O)c1ccc(CCN)cc1. The summed E-state index contributed by atoms with van der Waals surface area (Å²) in [5.74, 6) is -0.247. The number of rotatable bonds is 4. The maximum Gasteiger partial charge on any atom is 0.255 e. The van der Waals surface area contributed by atoms with E-state index >= 15 is 0 Å². The van der Waals surface area contributed by atoms with Crippen molar-refractivity contribution in [2.45, 2.75) is 13.3 Å². The lowest BCUT2D eigenvalue weighted by molar-refractivity contribution is 0.102. The minimum atomic E-state index is -0.247. The highest BCUT2D eigenvalue weighted by Gasteiger charge is 2.12. The molecule has 1 amide bonds. The molecule has 4 nitrogen and oxygen atoms in total. The fourth-order valence-corrected chi connectivity index (χ4v) is 2.50. The number of nitrogens with two attached hydrogens (primary N) is 1. The Hall–Kier alpha value is -1.62. The highest BCUT2D eigenvalue weighted by atomic mass is 35.5. The molecular formula is C15H15Cl2N3O. The summed E-state index contributed by atoms with van der Waals surface area (Å²) in [5.41, 5.74) is 8.36. The van der Waals surface area contributed by atoms with E-state index < -0.39 is 0 Å². The van der Waals surface area contributed by atoms with Crippen LogP contribution in [0.15, 0.2) is 30.3 Å². The van der Waals surface area contributed by atoms with E-state index in [2.05, 4.69) is 10.3 Å². The predicted octanol–water partition coefficient (Wildman–Crippen LogP) is 3.45. The number of hydrogen-bond acceptors (Lipinski definition) is 3. The van der Waals surface area contributed by atoms with Gasteiger partial charge >= 0.3 is 0 Å². The molecular weight excluding hydrogens is 309 g/mol. The molecule has 3 N–H and O–H groups in total. The van der Waals surface area contributed by atoms with Crippen molar-refractivity contribution in [2.75, 3.05) is 11.9 Å². The minimum absolute atomic E-state index is 0.174. The molecule has 0 aliphatic rings. The van der Waals surface area contributed by atoms with Crippen LogP contribution in [0.1, 0.15) is 21.5 Å². The zero-order valence-electron chi connectivity index (χ0n) is 11.5. The summed E-state index contributed by atoms with van der Waals surface area (Å²) >= 11 is 11.8. The van der Waals surface area contributed by atoms with Gasteiger partial charge in [0.25, 0.3) is 5.91 Å². The normalized spacial score (nSPS) is 10.5. The fourth-order valence-electron chi connectivity index (χ4n) is 1.92. The van der Waals surface area contributed by atoms with Gasteiger partial charge in [-0.3, -0.25) is 4.79 Å². The second-order valence-electron chi connectivity index (χ2n) is 4.62. The number of carbonyl (C=O) groups excluding carboxylic acids is 1. The maximum absolute atomic E-state index is 12.2. The summed E-state index contributed by atoms with van der Waals surface area (Å²) < 4.78 is 0. The van der Waals surface area contributed by atoms with Gasteiger partial charge in [-0.25, -0.2) is 4.98 Å². The van der Waals surface area contributed by atoms with Crippen molar-refractivity contribution in [1.82, 2.24) is 4.98 Å². The summed E-state index contributed by atoms with van der Waals surface area (Å²) in [6, 6.07) is 8.93. The molecule has 21 heavy (non-hydrogen) atoms. The number of aryl methyl sites for hydroxylation is 1. The molecule has 1 aromatic carbocycles. The number of nitrogens with one attached hydrogen (secondary N) is 1. The van der Waals surface area contributed by atoms with E-state index in [0.717, 1.165) is 17.5 Å². The molecule has 0 spiro atoms. The number of pyridine rings is 1. The molecule has 0 atom stereocenters. The van der Waals surface area contributed by atoms with Gasteiger partial charge in [-0.2, -0.15) is 0 Å². The monoisotopic (exact) mass is 323 g/mol. The Morgan fingerprint density at radius 3 is 2.52 bits per heavy atom. The van der Waals surface area contributed by atoms with Gasteiger partial charge in [0, 0.05) is 5.56 Å². The van der Waals surface area contributed by atoms with Crippen molar-refractivity contribution >= 4 is 34.8 Å². The Balaban J connectivity index is 2.18. The topological polar surface area (TPSA) is 68.0 Å². The standard InChI is InChI=1S/C15H15Cl2N3O/c1-9-8-12(16)19-14(17)13(9)20-15(21)11-4-2-10(3-5-11)6-7-18/h2-5,8H,6-7,18H2,1H3,(H,20,21). The summed E-state index contributed by atoms with van der Waals surface area (Å²) in [6.45, 7) is 2.39. The fraction of sp³-hybridized carbons (Fsp3) is 0.200. The molecule has 2 rings (SSSR count). The van der Waals surface area contributed by atoms with Crippen molar-refractivity contribution < 1.29 is 4.79 Å². The number of anilines is 1. The zero-order valence-corrected chi connectivity index (χ0v) is 13.0. The Morgan fingerprint density at radius 1 is 1.29 bits per heavy atom. The van der Waals surface area contributed by atoms with Crippen molar-refractivity contribution in [3.05, 3.63) is 57.3 Å². The van der Waals surface area contributed by atoms with Crippen LogP contribution in [-0.2, 0) is 6.42 Å². The van der Waals surface area contributed by atoms with E-state index in [1.54, 1.807) is 25.1 Å². The van der Waals surface area contributed by atoms with Gasteiger partial charge in [0.1, 0.15) is 5.15 Å². The third kappa shape index (κ3) is 3.94. The Labute approximate surface area is 133 Å². The third-order valence-electron chi connectivity index (χ3n) is 3.03. The molecule has 0 fully saturated rings. The van der Waals surface area contributed by atoms with Crippen molar-refractivity contribution in [1.29, 1.82) is 0 Å². The molecule has 6 heteroatoms. The van der Waals surface area contributed by atoms with Crippen molar-refractivity contribution in [2.24, 2.45) is 5.73 Å². The second-order valence-corrected chi connectivity index (χ2v) is 5.36. The van der Waals surface area contributed by atoms with Gasteiger partial charge in [-0.15, -0.1) is 0 Å². The second kappa shape index (κ2) is 6.89. The number of aromatic nitrogens is 1. The summed E-state index contributed by atoms with van der Waals surface area (Å²) in [4.78, 5) is 16.1. The number of halogens is 2. The van der Waals surface area contributed by atoms with Crippen LogP contribution in [0.25, 0.3) is 0 Å². The number of amides is 1. The average molecular weight is 324 g/mol. The number of carbonyl (C=O) groups is 1. The number of benzene rings is 1. The van der Waals surface area contributed by atoms with Crippen LogP contribution in [0.2, 0.25) is 10.3 Å². The van der Waals surface area contributed by atoms with E-state index in [9.17, 15) is 4.79 Å². The number of nitrogens with zero attached hydrogens (tertiary/aromatic N) is 1. The van der Waals surface area contributed by atoms with E-state index in [1.807, 2.05) is 12.1 Å². The largest absolute Gasteiger partial charge is 0.330 e. The first-order chi connectivity index (χ1) is 10.0. The van der Waals surface area contributed by atoms with Crippen LogP contribution >= 0.6 is 23.2 Å². The van der Waals surface area contributed by atoms with Crippen LogP contribution in [0, 0.1) is 6.92 Å². The molecule has 0 aliphatic heterocycles. The van der Waals surface area contributed by atoms with Crippen LogP contribution in [0.5, 0.6) is 0 Å². The molecule has 1 heterocycles. The Kier molecular flexibility index (Phi) is 5.17. The summed E-state index contributed by atoms with van der Waals surface area (Å²) in [5, 5.41) is 3.22. The van der Waals surface area contributed by atoms with E-state index in [0.29, 0.717) is 22.9 Å². The van der Waals surface area contributed by atoms with E-state index in [1.165, 1.54) is 0 Å². The lowest BCUT2D eigenvalue weighted by Gasteiger charge is -2.10. The van der Waals surface area contributed by atoms with Crippen LogP contribution in [-0.4, -0.2) is 17.4 Å². The first kappa shape index (κ1) is 15.8. The first-order valence-electron chi connectivity index (χ1n) is 6.44. The van der Waals surface area contributed by atoms with Gasteiger partial charge in [0.2, 0.25) is 0 Å². The molecule has 0 radical (unpaired) electrons. The quantitative estimate of drug-likeness (QED) is 0.847. The zero-order chi connectivity index (χ0) is 15.4. The van der Waals surface area contributed by atoms with Crippen LogP contribution in [0.3, 0.4) is 0 Å². The van der Waals surface area contributed by atoms with E-state index in [4.69, 9.17) is 28.9 Å². The van der Waals surface area contributed by atoms with Crippen LogP contribution in [0.4, 0.5) is 5.69 Å². The molecule has 1 aromatic heterocycles. The van der Waals surface area contributed by atoms with Crippen molar-refractivity contribution in [3.63, 3.8) is 0 Å². The molecule has 0 unspecified atom stereocenters. The summed E-state index contributed by atoms with van der Waals surface area (Å²) in [7, 11) is 0. The van der Waals surface area contributed by atoms with Gasteiger partial charge in [-0.05, 0) is 49.2 Å². The first-order valence-corrected chi connectivity index (χ1v) is 7.20. The van der Waals surface area contributed by atoms with Gasteiger partial charge in [0.15, 0.2) is 5.15 Å². The molecule has 0 aliphatic carbocycles.